The highest BCUT2D eigenvalue weighted by Gasteiger charge is 2.07. The largest absolute Gasteiger partial charge is 0.496 e. The minimum atomic E-state index is 0.856. The van der Waals surface area contributed by atoms with Crippen LogP contribution < -0.4 is 4.74 Å². The quantitative estimate of drug-likeness (QED) is 0.832. The van der Waals surface area contributed by atoms with Gasteiger partial charge in [0.25, 0.3) is 0 Å². The van der Waals surface area contributed by atoms with Crippen LogP contribution in [0.2, 0.25) is 0 Å². The highest BCUT2D eigenvalue weighted by atomic mass is 79.9. The minimum Gasteiger partial charge on any atom is -0.496 e. The molecule has 14 heavy (non-hydrogen) atoms. The molecule has 0 aliphatic carbocycles. The number of hydrogen-bond donors (Lipinski definition) is 0. The van der Waals surface area contributed by atoms with Crippen molar-refractivity contribution in [2.75, 3.05) is 7.11 Å². The van der Waals surface area contributed by atoms with Crippen molar-refractivity contribution < 1.29 is 4.74 Å². The van der Waals surface area contributed by atoms with E-state index >= 15 is 0 Å². The number of nitrogens with zero attached hydrogens (tertiary/aromatic N) is 1. The maximum Gasteiger partial charge on any atom is 0.129 e. The first-order valence-electron chi connectivity index (χ1n) is 4.06. The fourth-order valence-corrected chi connectivity index (χ4v) is 2.44. The van der Waals surface area contributed by atoms with Gasteiger partial charge in [0.2, 0.25) is 0 Å². The van der Waals surface area contributed by atoms with Crippen molar-refractivity contribution in [3.8, 4) is 16.3 Å². The maximum atomic E-state index is 5.26. The van der Waals surface area contributed by atoms with Crippen LogP contribution in [0.1, 0.15) is 0 Å². The summed E-state index contributed by atoms with van der Waals surface area (Å²) < 4.78 is 6.29. The van der Waals surface area contributed by atoms with Gasteiger partial charge >= 0.3 is 0 Å². The SMILES string of the molecule is COc1ccccc1-c1ncc(Br)s1. The Morgan fingerprint density at radius 2 is 2.14 bits per heavy atom. The molecule has 0 fully saturated rings. The second-order valence-corrected chi connectivity index (χ2v) is 5.08. The summed E-state index contributed by atoms with van der Waals surface area (Å²) in [4.78, 5) is 4.29. The molecule has 72 valence electrons. The zero-order valence-corrected chi connectivity index (χ0v) is 9.93. The van der Waals surface area contributed by atoms with Crippen molar-refractivity contribution in [3.63, 3.8) is 0 Å². The molecule has 2 nitrogen and oxygen atoms in total. The number of benzene rings is 1. The number of methoxy groups -OCH3 is 1. The molecule has 0 bridgehead atoms. The Balaban J connectivity index is 2.50. The molecule has 0 aliphatic heterocycles. The molecule has 0 atom stereocenters. The lowest BCUT2D eigenvalue weighted by Gasteiger charge is -2.04. The smallest absolute Gasteiger partial charge is 0.129 e. The van der Waals surface area contributed by atoms with Crippen molar-refractivity contribution in [2.24, 2.45) is 0 Å². The first-order valence-corrected chi connectivity index (χ1v) is 5.67. The van der Waals surface area contributed by atoms with Gasteiger partial charge in [0.1, 0.15) is 10.8 Å². The van der Waals surface area contributed by atoms with Gasteiger partial charge in [0, 0.05) is 0 Å². The Morgan fingerprint density at radius 3 is 2.79 bits per heavy atom. The fourth-order valence-electron chi connectivity index (χ4n) is 1.20. The predicted molar refractivity (Wildman–Crippen MR) is 61.8 cm³/mol. The summed E-state index contributed by atoms with van der Waals surface area (Å²) in [6.45, 7) is 0. The topological polar surface area (TPSA) is 22.1 Å². The first kappa shape index (κ1) is 9.68. The lowest BCUT2D eigenvalue weighted by atomic mass is 10.2. The predicted octanol–water partition coefficient (Wildman–Crippen LogP) is 3.58. The Morgan fingerprint density at radius 1 is 1.36 bits per heavy atom. The number of para-hydroxylation sites is 1. The van der Waals surface area contributed by atoms with Crippen LogP contribution in [-0.4, -0.2) is 12.1 Å². The van der Waals surface area contributed by atoms with E-state index in [1.807, 2.05) is 24.3 Å². The van der Waals surface area contributed by atoms with Crippen molar-refractivity contribution in [1.82, 2.24) is 4.98 Å². The number of halogens is 1. The van der Waals surface area contributed by atoms with Crippen molar-refractivity contribution in [1.29, 1.82) is 0 Å². The van der Waals surface area contributed by atoms with E-state index in [2.05, 4.69) is 20.9 Å². The molecule has 0 saturated heterocycles. The number of thiazole rings is 1. The van der Waals surface area contributed by atoms with Crippen LogP contribution in [0.3, 0.4) is 0 Å². The summed E-state index contributed by atoms with van der Waals surface area (Å²) in [6.07, 6.45) is 1.80. The Bertz CT molecular complexity index is 441. The summed E-state index contributed by atoms with van der Waals surface area (Å²) in [7, 11) is 1.67. The van der Waals surface area contributed by atoms with E-state index in [-0.39, 0.29) is 0 Å². The van der Waals surface area contributed by atoms with Crippen LogP contribution in [0.15, 0.2) is 34.2 Å². The standard InChI is InChI=1S/C10H8BrNOS/c1-13-8-5-3-2-4-7(8)10-12-6-9(11)14-10/h2-6H,1H3. The van der Waals surface area contributed by atoms with E-state index in [1.54, 1.807) is 24.6 Å². The molecule has 0 spiro atoms. The molecular formula is C10H8BrNOS. The fraction of sp³-hybridized carbons (Fsp3) is 0.100. The summed E-state index contributed by atoms with van der Waals surface area (Å²) >= 11 is 4.99. The molecule has 1 aromatic carbocycles. The van der Waals surface area contributed by atoms with Gasteiger partial charge in [0.15, 0.2) is 0 Å². The van der Waals surface area contributed by atoms with Crippen LogP contribution in [0.4, 0.5) is 0 Å². The van der Waals surface area contributed by atoms with Gasteiger partial charge in [0.05, 0.1) is 22.7 Å². The van der Waals surface area contributed by atoms with Crippen molar-refractivity contribution in [3.05, 3.63) is 34.2 Å². The van der Waals surface area contributed by atoms with E-state index in [0.717, 1.165) is 20.1 Å². The van der Waals surface area contributed by atoms with Gasteiger partial charge in [-0.25, -0.2) is 4.98 Å². The van der Waals surface area contributed by atoms with E-state index in [1.165, 1.54) is 0 Å². The van der Waals surface area contributed by atoms with Gasteiger partial charge in [-0.2, -0.15) is 0 Å². The van der Waals surface area contributed by atoms with Gasteiger partial charge in [-0.05, 0) is 28.1 Å². The zero-order valence-electron chi connectivity index (χ0n) is 7.53. The summed E-state index contributed by atoms with van der Waals surface area (Å²) in [6, 6.07) is 7.87. The third kappa shape index (κ3) is 1.81. The van der Waals surface area contributed by atoms with E-state index in [4.69, 9.17) is 4.74 Å². The molecule has 0 radical (unpaired) electrons. The van der Waals surface area contributed by atoms with Gasteiger partial charge in [-0.15, -0.1) is 11.3 Å². The van der Waals surface area contributed by atoms with Crippen LogP contribution in [0.5, 0.6) is 5.75 Å². The number of ether oxygens (including phenoxy) is 1. The van der Waals surface area contributed by atoms with E-state index < -0.39 is 0 Å². The molecule has 1 aromatic heterocycles. The summed E-state index contributed by atoms with van der Waals surface area (Å²) in [5.74, 6) is 0.856. The molecular weight excluding hydrogens is 262 g/mol. The third-order valence-electron chi connectivity index (χ3n) is 1.81. The Kier molecular flexibility index (Phi) is 2.84. The lowest BCUT2D eigenvalue weighted by molar-refractivity contribution is 0.416. The molecule has 2 rings (SSSR count). The van der Waals surface area contributed by atoms with Gasteiger partial charge in [-0.3, -0.25) is 0 Å². The second-order valence-electron chi connectivity index (χ2n) is 2.67. The zero-order chi connectivity index (χ0) is 9.97. The number of aromatic nitrogens is 1. The Hall–Kier alpha value is -0.870. The highest BCUT2D eigenvalue weighted by Crippen LogP contribution is 2.34. The summed E-state index contributed by atoms with van der Waals surface area (Å²) in [5.41, 5.74) is 1.03. The van der Waals surface area contributed by atoms with Crippen LogP contribution in [0.25, 0.3) is 10.6 Å². The van der Waals surface area contributed by atoms with Crippen LogP contribution >= 0.6 is 27.3 Å². The molecule has 0 unspecified atom stereocenters. The monoisotopic (exact) mass is 269 g/mol. The first-order chi connectivity index (χ1) is 6.81. The molecule has 0 aliphatic rings. The van der Waals surface area contributed by atoms with Crippen LogP contribution in [-0.2, 0) is 0 Å². The van der Waals surface area contributed by atoms with Crippen LogP contribution in [0, 0.1) is 0 Å². The molecule has 1 heterocycles. The van der Waals surface area contributed by atoms with E-state index in [9.17, 15) is 0 Å². The normalized spacial score (nSPS) is 10.1. The average molecular weight is 270 g/mol. The molecule has 0 amide bonds. The minimum absolute atomic E-state index is 0.856. The lowest BCUT2D eigenvalue weighted by Crippen LogP contribution is -1.85. The molecule has 0 saturated carbocycles. The molecule has 4 heteroatoms. The summed E-state index contributed by atoms with van der Waals surface area (Å²) in [5, 5.41) is 0.967. The second kappa shape index (κ2) is 4.11. The maximum absolute atomic E-state index is 5.26. The van der Waals surface area contributed by atoms with E-state index in [0.29, 0.717) is 0 Å². The average Bonchev–Trinajstić information content (AvgIpc) is 2.65. The van der Waals surface area contributed by atoms with Gasteiger partial charge in [-0.1, -0.05) is 12.1 Å². The number of hydrogen-bond acceptors (Lipinski definition) is 3. The highest BCUT2D eigenvalue weighted by molar-refractivity contribution is 9.11. The molecule has 2 aromatic rings. The van der Waals surface area contributed by atoms with Gasteiger partial charge < -0.3 is 4.74 Å². The molecule has 0 N–H and O–H groups in total. The third-order valence-corrected chi connectivity index (χ3v) is 3.32. The van der Waals surface area contributed by atoms with Crippen molar-refractivity contribution >= 4 is 27.3 Å². The van der Waals surface area contributed by atoms with Crippen molar-refractivity contribution in [2.45, 2.75) is 0 Å². The number of rotatable bonds is 2. The Labute approximate surface area is 94.7 Å².